The molecule has 1 aromatic carbocycles. The fourth-order valence-corrected chi connectivity index (χ4v) is 2.25. The van der Waals surface area contributed by atoms with E-state index in [1.54, 1.807) is 24.3 Å². The van der Waals surface area contributed by atoms with Crippen molar-refractivity contribution in [2.24, 2.45) is 11.7 Å². The van der Waals surface area contributed by atoms with Crippen LogP contribution >= 0.6 is 0 Å². The Bertz CT molecular complexity index is 447. The summed E-state index contributed by atoms with van der Waals surface area (Å²) >= 11 is 0. The Morgan fingerprint density at radius 3 is 2.50 bits per heavy atom. The molecule has 0 saturated carbocycles. The molecular weight excluding hydrogens is 232 g/mol. The second kappa shape index (κ2) is 5.18. The van der Waals surface area contributed by atoms with Gasteiger partial charge in [0.2, 0.25) is 0 Å². The van der Waals surface area contributed by atoms with Crippen molar-refractivity contribution in [2.75, 3.05) is 13.1 Å². The van der Waals surface area contributed by atoms with E-state index >= 15 is 0 Å². The van der Waals surface area contributed by atoms with Crippen LogP contribution in [0.25, 0.3) is 0 Å². The molecule has 96 valence electrons. The largest absolute Gasteiger partial charge is 0.481 e. The predicted molar refractivity (Wildman–Crippen MR) is 66.1 cm³/mol. The molecule has 1 heterocycles. The van der Waals surface area contributed by atoms with Crippen LogP contribution in [0.2, 0.25) is 0 Å². The molecule has 0 bridgehead atoms. The molecule has 18 heavy (non-hydrogen) atoms. The van der Waals surface area contributed by atoms with Gasteiger partial charge in [0.1, 0.15) is 0 Å². The van der Waals surface area contributed by atoms with Crippen molar-refractivity contribution in [1.82, 2.24) is 4.90 Å². The number of carbonyl (C=O) groups excluding carboxylic acids is 1. The van der Waals surface area contributed by atoms with Crippen molar-refractivity contribution in [3.8, 4) is 0 Å². The summed E-state index contributed by atoms with van der Waals surface area (Å²) in [7, 11) is 0. The Labute approximate surface area is 105 Å². The molecule has 2 atom stereocenters. The molecule has 1 aliphatic rings. The maximum atomic E-state index is 12.2. The number of nitrogens with zero attached hydrogens (tertiary/aromatic N) is 1. The topological polar surface area (TPSA) is 83.6 Å². The number of benzene rings is 1. The van der Waals surface area contributed by atoms with Gasteiger partial charge in [-0.2, -0.15) is 0 Å². The molecule has 0 spiro atoms. The fourth-order valence-electron chi connectivity index (χ4n) is 2.25. The predicted octanol–water partition coefficient (Wildman–Crippen LogP) is 0.561. The molecule has 1 aromatic rings. The maximum absolute atomic E-state index is 12.2. The molecule has 2 unspecified atom stereocenters. The highest BCUT2D eigenvalue weighted by Gasteiger charge is 2.32. The first-order valence-corrected chi connectivity index (χ1v) is 5.90. The van der Waals surface area contributed by atoms with E-state index in [2.05, 4.69) is 0 Å². The Kier molecular flexibility index (Phi) is 3.62. The molecule has 0 aliphatic carbocycles. The Morgan fingerprint density at radius 1 is 1.22 bits per heavy atom. The third-order valence-corrected chi connectivity index (χ3v) is 3.14. The Balaban J connectivity index is 2.13. The molecule has 0 radical (unpaired) electrons. The van der Waals surface area contributed by atoms with Crippen molar-refractivity contribution in [1.29, 1.82) is 0 Å². The third kappa shape index (κ3) is 2.68. The maximum Gasteiger partial charge on any atom is 0.308 e. The number of hydrogen-bond acceptors (Lipinski definition) is 3. The second-order valence-electron chi connectivity index (χ2n) is 4.61. The number of likely N-dealkylation sites (tertiary alicyclic amines) is 1. The van der Waals surface area contributed by atoms with Crippen molar-refractivity contribution < 1.29 is 14.7 Å². The van der Waals surface area contributed by atoms with Crippen LogP contribution in [0.1, 0.15) is 16.8 Å². The van der Waals surface area contributed by atoms with E-state index in [-0.39, 0.29) is 18.5 Å². The monoisotopic (exact) mass is 248 g/mol. The minimum Gasteiger partial charge on any atom is -0.481 e. The quantitative estimate of drug-likeness (QED) is 0.801. The zero-order valence-electron chi connectivity index (χ0n) is 9.95. The van der Waals surface area contributed by atoms with Gasteiger partial charge in [0.15, 0.2) is 0 Å². The lowest BCUT2D eigenvalue weighted by Gasteiger charge is -2.34. The number of rotatable bonds is 2. The standard InChI is InChI=1S/C13H16N2O3/c14-11-6-10(13(17)18)7-15(8-11)12(16)9-4-2-1-3-5-9/h1-5,10-11H,6-8,14H2,(H,17,18). The smallest absolute Gasteiger partial charge is 0.308 e. The molecule has 1 fully saturated rings. The van der Waals surface area contributed by atoms with Crippen molar-refractivity contribution in [2.45, 2.75) is 12.5 Å². The summed E-state index contributed by atoms with van der Waals surface area (Å²) in [5, 5.41) is 9.03. The number of hydrogen-bond donors (Lipinski definition) is 2. The number of aliphatic carboxylic acids is 1. The zero-order chi connectivity index (χ0) is 13.1. The van der Waals surface area contributed by atoms with Gasteiger partial charge in [0.25, 0.3) is 5.91 Å². The summed E-state index contributed by atoms with van der Waals surface area (Å²) in [5.41, 5.74) is 6.38. The Morgan fingerprint density at radius 2 is 1.89 bits per heavy atom. The molecule has 0 aromatic heterocycles. The van der Waals surface area contributed by atoms with E-state index in [4.69, 9.17) is 10.8 Å². The van der Waals surface area contributed by atoms with E-state index < -0.39 is 11.9 Å². The number of carbonyl (C=O) groups is 2. The summed E-state index contributed by atoms with van der Waals surface area (Å²) < 4.78 is 0. The zero-order valence-corrected chi connectivity index (χ0v) is 9.95. The van der Waals surface area contributed by atoms with Gasteiger partial charge in [-0.25, -0.2) is 0 Å². The summed E-state index contributed by atoms with van der Waals surface area (Å²) in [5.74, 6) is -1.62. The van der Waals surface area contributed by atoms with Gasteiger partial charge in [-0.3, -0.25) is 9.59 Å². The van der Waals surface area contributed by atoms with E-state index in [1.807, 2.05) is 6.07 Å². The van der Waals surface area contributed by atoms with Crippen molar-refractivity contribution in [3.63, 3.8) is 0 Å². The van der Waals surface area contributed by atoms with Crippen LogP contribution in [0, 0.1) is 5.92 Å². The lowest BCUT2D eigenvalue weighted by atomic mass is 9.94. The molecule has 3 N–H and O–H groups in total. The number of piperidine rings is 1. The van der Waals surface area contributed by atoms with Crippen molar-refractivity contribution in [3.05, 3.63) is 35.9 Å². The minimum absolute atomic E-state index is 0.156. The highest BCUT2D eigenvalue weighted by atomic mass is 16.4. The van der Waals surface area contributed by atoms with Crippen LogP contribution < -0.4 is 5.73 Å². The summed E-state index contributed by atoms with van der Waals surface area (Å²) in [6, 6.07) is 8.57. The normalized spacial score (nSPS) is 23.7. The summed E-state index contributed by atoms with van der Waals surface area (Å²) in [6.45, 7) is 0.647. The van der Waals surface area contributed by atoms with Gasteiger partial charge in [-0.05, 0) is 18.6 Å². The number of carboxylic acids is 1. The van der Waals surface area contributed by atoms with E-state index in [9.17, 15) is 9.59 Å². The first kappa shape index (κ1) is 12.6. The first-order valence-electron chi connectivity index (χ1n) is 5.90. The van der Waals surface area contributed by atoms with E-state index in [1.165, 1.54) is 4.90 Å². The average molecular weight is 248 g/mol. The van der Waals surface area contributed by atoms with Crippen LogP contribution in [0.4, 0.5) is 0 Å². The van der Waals surface area contributed by atoms with Crippen LogP contribution in [-0.2, 0) is 4.79 Å². The van der Waals surface area contributed by atoms with Crippen LogP contribution in [0.5, 0.6) is 0 Å². The SMILES string of the molecule is NC1CC(C(=O)O)CN(C(=O)c2ccccc2)C1. The van der Waals surface area contributed by atoms with Crippen LogP contribution in [-0.4, -0.2) is 41.0 Å². The van der Waals surface area contributed by atoms with Gasteiger partial charge in [-0.15, -0.1) is 0 Å². The number of carboxylic acid groups (broad SMARTS) is 1. The molecule has 1 saturated heterocycles. The highest BCUT2D eigenvalue weighted by Crippen LogP contribution is 2.18. The van der Waals surface area contributed by atoms with Gasteiger partial charge < -0.3 is 15.7 Å². The fraction of sp³-hybridized carbons (Fsp3) is 0.385. The van der Waals surface area contributed by atoms with Crippen LogP contribution in [0.3, 0.4) is 0 Å². The lowest BCUT2D eigenvalue weighted by molar-refractivity contribution is -0.143. The minimum atomic E-state index is -0.893. The van der Waals surface area contributed by atoms with Crippen LogP contribution in [0.15, 0.2) is 30.3 Å². The number of amides is 1. The molecular formula is C13H16N2O3. The molecule has 1 aliphatic heterocycles. The second-order valence-corrected chi connectivity index (χ2v) is 4.61. The van der Waals surface area contributed by atoms with Gasteiger partial charge >= 0.3 is 5.97 Å². The van der Waals surface area contributed by atoms with E-state index in [0.717, 1.165) is 0 Å². The van der Waals surface area contributed by atoms with Gasteiger partial charge in [-0.1, -0.05) is 18.2 Å². The summed E-state index contributed by atoms with van der Waals surface area (Å²) in [6.07, 6.45) is 0.425. The molecule has 2 rings (SSSR count). The third-order valence-electron chi connectivity index (χ3n) is 3.14. The van der Waals surface area contributed by atoms with Crippen molar-refractivity contribution >= 4 is 11.9 Å². The first-order chi connectivity index (χ1) is 8.58. The molecule has 5 nitrogen and oxygen atoms in total. The van der Waals surface area contributed by atoms with Gasteiger partial charge in [0.05, 0.1) is 5.92 Å². The number of nitrogens with two attached hydrogens (primary N) is 1. The average Bonchev–Trinajstić information content (AvgIpc) is 2.38. The lowest BCUT2D eigenvalue weighted by Crippen LogP contribution is -2.51. The highest BCUT2D eigenvalue weighted by molar-refractivity contribution is 5.94. The van der Waals surface area contributed by atoms with E-state index in [0.29, 0.717) is 18.5 Å². The molecule has 1 amide bonds. The Hall–Kier alpha value is -1.88. The molecule has 5 heteroatoms. The summed E-state index contributed by atoms with van der Waals surface area (Å²) in [4.78, 5) is 24.7. The van der Waals surface area contributed by atoms with Gasteiger partial charge in [0, 0.05) is 24.7 Å².